The number of aromatic nitrogens is 2. The molecule has 3 unspecified atom stereocenters. The van der Waals surface area contributed by atoms with E-state index in [-0.39, 0.29) is 0 Å². The van der Waals surface area contributed by atoms with Gasteiger partial charge in [-0.1, -0.05) is 12.5 Å². The molecule has 3 nitrogen and oxygen atoms in total. The largest absolute Gasteiger partial charge is 0.358 e. The second kappa shape index (κ2) is 5.20. The van der Waals surface area contributed by atoms with Crippen molar-refractivity contribution in [2.45, 2.75) is 31.6 Å². The van der Waals surface area contributed by atoms with Gasteiger partial charge in [0.05, 0.1) is 11.6 Å². The van der Waals surface area contributed by atoms with Crippen LogP contribution >= 0.6 is 11.6 Å². The van der Waals surface area contributed by atoms with Gasteiger partial charge in [-0.05, 0) is 49.1 Å². The van der Waals surface area contributed by atoms with Gasteiger partial charge in [-0.3, -0.25) is 0 Å². The summed E-state index contributed by atoms with van der Waals surface area (Å²) in [6.07, 6.45) is 7.84. The van der Waals surface area contributed by atoms with E-state index in [0.29, 0.717) is 5.88 Å². The van der Waals surface area contributed by atoms with Crippen molar-refractivity contribution in [2.24, 2.45) is 17.8 Å². The number of rotatable bonds is 4. The topological polar surface area (TPSA) is 20.5 Å². The molecule has 0 saturated heterocycles. The first-order chi connectivity index (χ1) is 10.3. The standard InChI is InChI=1S/C17H22ClN3/c1-20(11-14-9-12-5-6-13(14)8-12)17-15(10-18)21-7-3-2-4-16(21)19-17/h2-4,7,12-14H,5-6,8-11H2,1H3. The Kier molecular flexibility index (Phi) is 3.33. The number of hydrogen-bond acceptors (Lipinski definition) is 2. The van der Waals surface area contributed by atoms with Crippen molar-refractivity contribution >= 4 is 23.1 Å². The third-order valence-corrected chi connectivity index (χ3v) is 5.74. The Hall–Kier alpha value is -1.22. The van der Waals surface area contributed by atoms with Crippen molar-refractivity contribution in [1.82, 2.24) is 9.38 Å². The monoisotopic (exact) mass is 303 g/mol. The molecular formula is C17H22ClN3. The maximum Gasteiger partial charge on any atom is 0.152 e. The summed E-state index contributed by atoms with van der Waals surface area (Å²) >= 11 is 6.19. The number of anilines is 1. The quantitative estimate of drug-likeness (QED) is 0.797. The van der Waals surface area contributed by atoms with Crippen LogP contribution in [-0.2, 0) is 5.88 Å². The number of hydrogen-bond donors (Lipinski definition) is 0. The highest BCUT2D eigenvalue weighted by Gasteiger charge is 2.40. The van der Waals surface area contributed by atoms with Crippen molar-refractivity contribution in [3.05, 3.63) is 30.1 Å². The molecule has 2 aliphatic rings. The molecule has 2 heterocycles. The van der Waals surface area contributed by atoms with E-state index >= 15 is 0 Å². The molecule has 2 fully saturated rings. The van der Waals surface area contributed by atoms with Gasteiger partial charge in [-0.2, -0.15) is 0 Å². The van der Waals surface area contributed by atoms with Crippen LogP contribution < -0.4 is 4.90 Å². The summed E-state index contributed by atoms with van der Waals surface area (Å²) in [5.74, 6) is 4.36. The fourth-order valence-electron chi connectivity index (χ4n) is 4.50. The van der Waals surface area contributed by atoms with Crippen molar-refractivity contribution in [3.63, 3.8) is 0 Å². The van der Waals surface area contributed by atoms with E-state index in [2.05, 4.69) is 22.5 Å². The summed E-state index contributed by atoms with van der Waals surface area (Å²) in [5.41, 5.74) is 2.10. The van der Waals surface area contributed by atoms with Crippen molar-refractivity contribution in [3.8, 4) is 0 Å². The first-order valence-corrected chi connectivity index (χ1v) is 8.52. The summed E-state index contributed by atoms with van der Waals surface area (Å²) in [7, 11) is 2.17. The zero-order valence-corrected chi connectivity index (χ0v) is 13.3. The Morgan fingerprint density at radius 3 is 2.95 bits per heavy atom. The van der Waals surface area contributed by atoms with Crippen molar-refractivity contribution < 1.29 is 0 Å². The molecule has 0 N–H and O–H groups in total. The summed E-state index contributed by atoms with van der Waals surface area (Å²) in [5, 5.41) is 0. The molecule has 0 radical (unpaired) electrons. The third-order valence-electron chi connectivity index (χ3n) is 5.49. The smallest absolute Gasteiger partial charge is 0.152 e. The highest BCUT2D eigenvalue weighted by Crippen LogP contribution is 2.48. The van der Waals surface area contributed by atoms with Gasteiger partial charge in [0, 0.05) is 19.8 Å². The molecule has 3 atom stereocenters. The summed E-state index contributed by atoms with van der Waals surface area (Å²) in [6.45, 7) is 1.12. The van der Waals surface area contributed by atoms with E-state index in [4.69, 9.17) is 16.6 Å². The lowest BCUT2D eigenvalue weighted by atomic mass is 9.88. The van der Waals surface area contributed by atoms with Gasteiger partial charge >= 0.3 is 0 Å². The molecule has 0 aromatic carbocycles. The molecular weight excluding hydrogens is 282 g/mol. The average molecular weight is 304 g/mol. The zero-order valence-electron chi connectivity index (χ0n) is 12.5. The average Bonchev–Trinajstić information content (AvgIpc) is 3.19. The van der Waals surface area contributed by atoms with E-state index in [1.165, 1.54) is 25.7 Å². The van der Waals surface area contributed by atoms with Crippen LogP contribution in [0.1, 0.15) is 31.4 Å². The molecule has 2 aromatic rings. The van der Waals surface area contributed by atoms with Crippen LogP contribution in [0.2, 0.25) is 0 Å². The first kappa shape index (κ1) is 13.4. The molecule has 2 saturated carbocycles. The van der Waals surface area contributed by atoms with Gasteiger partial charge in [0.25, 0.3) is 0 Å². The van der Waals surface area contributed by atoms with Crippen LogP contribution in [-0.4, -0.2) is 23.0 Å². The number of nitrogens with zero attached hydrogens (tertiary/aromatic N) is 3. The van der Waals surface area contributed by atoms with Crippen LogP contribution in [0.15, 0.2) is 24.4 Å². The fourth-order valence-corrected chi connectivity index (χ4v) is 4.75. The molecule has 112 valence electrons. The van der Waals surface area contributed by atoms with Crippen LogP contribution in [0.5, 0.6) is 0 Å². The normalized spacial score (nSPS) is 27.6. The lowest BCUT2D eigenvalue weighted by Gasteiger charge is -2.27. The number of imidazole rings is 1. The van der Waals surface area contributed by atoms with Gasteiger partial charge < -0.3 is 9.30 Å². The van der Waals surface area contributed by atoms with Crippen LogP contribution in [0.4, 0.5) is 5.82 Å². The van der Waals surface area contributed by atoms with Gasteiger partial charge in [-0.25, -0.2) is 4.98 Å². The predicted molar refractivity (Wildman–Crippen MR) is 87.0 cm³/mol. The maximum atomic E-state index is 6.19. The van der Waals surface area contributed by atoms with Gasteiger partial charge in [0.1, 0.15) is 5.65 Å². The lowest BCUT2D eigenvalue weighted by Crippen LogP contribution is -2.29. The predicted octanol–water partition coefficient (Wildman–Crippen LogP) is 3.95. The molecule has 21 heavy (non-hydrogen) atoms. The third kappa shape index (κ3) is 2.22. The summed E-state index contributed by atoms with van der Waals surface area (Å²) < 4.78 is 2.11. The fraction of sp³-hybridized carbons (Fsp3) is 0.588. The van der Waals surface area contributed by atoms with Crippen molar-refractivity contribution in [2.75, 3.05) is 18.5 Å². The molecule has 0 spiro atoms. The Balaban J connectivity index is 1.60. The highest BCUT2D eigenvalue weighted by atomic mass is 35.5. The Morgan fingerprint density at radius 2 is 2.24 bits per heavy atom. The van der Waals surface area contributed by atoms with E-state index in [0.717, 1.165) is 41.5 Å². The zero-order chi connectivity index (χ0) is 14.4. The van der Waals surface area contributed by atoms with E-state index in [9.17, 15) is 0 Å². The second-order valence-electron chi connectivity index (χ2n) is 6.76. The number of pyridine rings is 1. The molecule has 2 aliphatic carbocycles. The number of fused-ring (bicyclic) bond motifs is 3. The van der Waals surface area contributed by atoms with Crippen LogP contribution in [0.3, 0.4) is 0 Å². The highest BCUT2D eigenvalue weighted by molar-refractivity contribution is 6.17. The summed E-state index contributed by atoms with van der Waals surface area (Å²) in [4.78, 5) is 7.12. The molecule has 2 bridgehead atoms. The van der Waals surface area contributed by atoms with Gasteiger partial charge in [0.2, 0.25) is 0 Å². The minimum Gasteiger partial charge on any atom is -0.358 e. The second-order valence-corrected chi connectivity index (χ2v) is 7.03. The Morgan fingerprint density at radius 1 is 1.33 bits per heavy atom. The van der Waals surface area contributed by atoms with Crippen LogP contribution in [0.25, 0.3) is 5.65 Å². The number of alkyl halides is 1. The molecule has 4 heteroatoms. The Labute approximate surface area is 130 Å². The summed E-state index contributed by atoms with van der Waals surface area (Å²) in [6, 6.07) is 6.11. The maximum absolute atomic E-state index is 6.19. The Bertz CT molecular complexity index is 651. The minimum absolute atomic E-state index is 0.502. The van der Waals surface area contributed by atoms with E-state index < -0.39 is 0 Å². The first-order valence-electron chi connectivity index (χ1n) is 7.99. The number of halogens is 1. The SMILES string of the molecule is CN(CC1CC2CCC1C2)c1nc2ccccn2c1CCl. The van der Waals surface area contributed by atoms with Crippen molar-refractivity contribution in [1.29, 1.82) is 0 Å². The molecule has 4 rings (SSSR count). The molecule has 2 aromatic heterocycles. The van der Waals surface area contributed by atoms with E-state index in [1.54, 1.807) is 0 Å². The molecule has 0 aliphatic heterocycles. The lowest BCUT2D eigenvalue weighted by molar-refractivity contribution is 0.337. The minimum atomic E-state index is 0.502. The van der Waals surface area contributed by atoms with E-state index in [1.807, 2.05) is 18.2 Å². The van der Waals surface area contributed by atoms with Gasteiger partial charge in [0.15, 0.2) is 5.82 Å². The van der Waals surface area contributed by atoms with Gasteiger partial charge in [-0.15, -0.1) is 11.6 Å². The molecule has 0 amide bonds. The van der Waals surface area contributed by atoms with Crippen LogP contribution in [0, 0.1) is 17.8 Å².